The number of allylic oxidation sites excluding steroid dienone is 4. The van der Waals surface area contributed by atoms with Gasteiger partial charge in [0.25, 0.3) is 0 Å². The van der Waals surface area contributed by atoms with E-state index in [2.05, 4.69) is 123 Å². The summed E-state index contributed by atoms with van der Waals surface area (Å²) < 4.78 is 1.42. The van der Waals surface area contributed by atoms with E-state index in [-0.39, 0.29) is 0 Å². The first-order valence-electron chi connectivity index (χ1n) is 11.8. The molecule has 0 aromatic heterocycles. The van der Waals surface area contributed by atoms with Crippen LogP contribution in [-0.2, 0) is 30.7 Å². The number of benzene rings is 4. The van der Waals surface area contributed by atoms with Gasteiger partial charge in [0.1, 0.15) is 0 Å². The van der Waals surface area contributed by atoms with E-state index >= 15 is 0 Å². The monoisotopic (exact) mass is 513 g/mol. The molecule has 0 fully saturated rings. The molecule has 6 rings (SSSR count). The molecule has 4 aromatic carbocycles. The van der Waals surface area contributed by atoms with Crippen LogP contribution in [0.3, 0.4) is 0 Å². The number of hydrogen-bond acceptors (Lipinski definition) is 0. The second kappa shape index (κ2) is 10.2. The third-order valence-corrected chi connectivity index (χ3v) is 8.12. The Morgan fingerprint density at radius 1 is 0.765 bits per heavy atom. The van der Waals surface area contributed by atoms with Gasteiger partial charge in [-0.3, -0.25) is 0 Å². The second-order valence-electron chi connectivity index (χ2n) is 8.87. The van der Waals surface area contributed by atoms with Crippen molar-refractivity contribution in [3.8, 4) is 11.1 Å². The van der Waals surface area contributed by atoms with Crippen LogP contribution >= 0.6 is 0 Å². The van der Waals surface area contributed by atoms with Crippen molar-refractivity contribution in [3.63, 3.8) is 0 Å². The van der Waals surface area contributed by atoms with E-state index in [1.54, 1.807) is 0 Å². The van der Waals surface area contributed by atoms with Crippen LogP contribution in [0, 0.1) is 19.9 Å². The first-order valence-corrected chi connectivity index (χ1v) is 13.1. The Hall–Kier alpha value is -2.89. The quantitative estimate of drug-likeness (QED) is 0.215. The van der Waals surface area contributed by atoms with Gasteiger partial charge in [-0.25, -0.2) is 0 Å². The molecule has 0 saturated heterocycles. The minimum absolute atomic E-state index is 1.03. The predicted molar refractivity (Wildman–Crippen MR) is 141 cm³/mol. The SMILES string of the molecule is Cc1[c-]c2c(c(C3=CC=CC3)c1C)-c1ccccc1C2.[Zr]=[C](c1ccccc1)c1ccccc1. The van der Waals surface area contributed by atoms with Crippen molar-refractivity contribution in [1.82, 2.24) is 0 Å². The Labute approximate surface area is 218 Å². The molecule has 0 radical (unpaired) electrons. The van der Waals surface area contributed by atoms with Gasteiger partial charge in [-0.2, -0.15) is 11.6 Å². The number of rotatable bonds is 3. The summed E-state index contributed by atoms with van der Waals surface area (Å²) in [5, 5.41) is 0. The van der Waals surface area contributed by atoms with E-state index in [4.69, 9.17) is 0 Å². The van der Waals surface area contributed by atoms with Gasteiger partial charge in [0, 0.05) is 0 Å². The molecular weight excluding hydrogens is 488 g/mol. The van der Waals surface area contributed by atoms with E-state index < -0.39 is 0 Å². The van der Waals surface area contributed by atoms with Crippen LogP contribution in [0.15, 0.2) is 103 Å². The Morgan fingerprint density at radius 3 is 2.00 bits per heavy atom. The van der Waals surface area contributed by atoms with Crippen LogP contribution in [0.25, 0.3) is 16.7 Å². The fraction of sp³-hybridized carbons (Fsp3) is 0.121. The average molecular weight is 515 g/mol. The molecule has 1 heteroatoms. The van der Waals surface area contributed by atoms with Crippen molar-refractivity contribution in [1.29, 1.82) is 0 Å². The van der Waals surface area contributed by atoms with Crippen LogP contribution in [0.4, 0.5) is 0 Å². The third-order valence-electron chi connectivity index (χ3n) is 6.70. The van der Waals surface area contributed by atoms with Crippen LogP contribution in [0.2, 0.25) is 0 Å². The molecule has 0 nitrogen and oxygen atoms in total. The number of hydrogen-bond donors (Lipinski definition) is 0. The molecule has 0 saturated carbocycles. The summed E-state index contributed by atoms with van der Waals surface area (Å²) in [6.07, 6.45) is 8.77. The zero-order valence-electron chi connectivity index (χ0n) is 19.7. The summed E-state index contributed by atoms with van der Waals surface area (Å²) in [6.45, 7) is 4.42. The van der Waals surface area contributed by atoms with E-state index in [0.29, 0.717) is 0 Å². The summed E-state index contributed by atoms with van der Waals surface area (Å²) in [5.41, 5.74) is 13.9. The molecule has 34 heavy (non-hydrogen) atoms. The van der Waals surface area contributed by atoms with Crippen molar-refractivity contribution in [2.24, 2.45) is 0 Å². The number of fused-ring (bicyclic) bond motifs is 3. The Morgan fingerprint density at radius 2 is 1.38 bits per heavy atom. The molecule has 0 bridgehead atoms. The van der Waals surface area contributed by atoms with Gasteiger partial charge in [0.2, 0.25) is 0 Å². The molecule has 0 atom stereocenters. The molecule has 4 aromatic rings. The fourth-order valence-electron chi connectivity index (χ4n) is 4.86. The van der Waals surface area contributed by atoms with Crippen molar-refractivity contribution in [3.05, 3.63) is 148 Å². The summed E-state index contributed by atoms with van der Waals surface area (Å²) in [5.74, 6) is 0. The normalized spacial score (nSPS) is 12.9. The summed E-state index contributed by atoms with van der Waals surface area (Å²) in [6, 6.07) is 33.5. The average Bonchev–Trinajstić information content (AvgIpc) is 3.54. The summed E-state index contributed by atoms with van der Waals surface area (Å²) in [7, 11) is 0. The van der Waals surface area contributed by atoms with Crippen LogP contribution in [-0.4, -0.2) is 3.21 Å². The minimum atomic E-state index is 1.03. The maximum atomic E-state index is 3.62. The summed E-state index contributed by atoms with van der Waals surface area (Å²) in [4.78, 5) is 0. The zero-order chi connectivity index (χ0) is 23.5. The maximum absolute atomic E-state index is 3.62. The van der Waals surface area contributed by atoms with Crippen molar-refractivity contribution in [2.45, 2.75) is 26.7 Å². The third kappa shape index (κ3) is 4.55. The number of aryl methyl sites for hydroxylation is 1. The standard InChI is InChI=1S/C20H17.C13H10.Zr/c1-13-11-17-12-16-9-5-6-10-18(16)20(17)19(14(13)2)15-7-3-4-8-15;1-3-7-12(8-4-1)11-13-9-5-2-6-10-13;/h3-7,9-10H,8,12H2,1-2H3;1-10H;/q-1;;. The van der Waals surface area contributed by atoms with Crippen molar-refractivity contribution in [2.75, 3.05) is 0 Å². The van der Waals surface area contributed by atoms with E-state index in [0.717, 1.165) is 12.8 Å². The Bertz CT molecular complexity index is 1360. The Kier molecular flexibility index (Phi) is 6.84. The Balaban J connectivity index is 0.000000152. The van der Waals surface area contributed by atoms with Crippen molar-refractivity contribution < 1.29 is 24.2 Å². The molecule has 0 spiro atoms. The molecule has 2 aliphatic carbocycles. The molecule has 164 valence electrons. The van der Waals surface area contributed by atoms with E-state index in [9.17, 15) is 0 Å². The van der Waals surface area contributed by atoms with Gasteiger partial charge < -0.3 is 0 Å². The molecule has 0 aliphatic heterocycles. The van der Waals surface area contributed by atoms with Gasteiger partial charge in [-0.1, -0.05) is 73.0 Å². The van der Waals surface area contributed by atoms with Crippen LogP contribution < -0.4 is 0 Å². The first kappa shape index (κ1) is 22.9. The molecule has 0 heterocycles. The zero-order valence-corrected chi connectivity index (χ0v) is 22.2. The molecular formula is C33H27Zr-. The molecule has 2 aliphatic rings. The topological polar surface area (TPSA) is 0 Å². The first-order chi connectivity index (χ1) is 16.6. The van der Waals surface area contributed by atoms with E-state index in [1.165, 1.54) is 83.1 Å². The van der Waals surface area contributed by atoms with Gasteiger partial charge in [-0.15, -0.1) is 22.3 Å². The summed E-state index contributed by atoms with van der Waals surface area (Å²) >= 11 is 1.46. The van der Waals surface area contributed by atoms with Crippen LogP contribution in [0.5, 0.6) is 0 Å². The van der Waals surface area contributed by atoms with Gasteiger partial charge >= 0.3 is 99.2 Å². The molecule has 0 unspecified atom stereocenters. The van der Waals surface area contributed by atoms with Crippen LogP contribution in [0.1, 0.15) is 45.4 Å². The van der Waals surface area contributed by atoms with Gasteiger partial charge in [-0.05, 0) is 12.8 Å². The van der Waals surface area contributed by atoms with Gasteiger partial charge in [0.15, 0.2) is 0 Å². The fourth-order valence-corrected chi connectivity index (χ4v) is 5.68. The molecule has 0 amide bonds. The van der Waals surface area contributed by atoms with Gasteiger partial charge in [0.05, 0.1) is 0 Å². The second-order valence-corrected chi connectivity index (χ2v) is 10.1. The van der Waals surface area contributed by atoms with Crippen molar-refractivity contribution >= 4 is 8.78 Å². The molecule has 0 N–H and O–H groups in total. The van der Waals surface area contributed by atoms with E-state index in [1.807, 2.05) is 0 Å². The predicted octanol–water partition coefficient (Wildman–Crippen LogP) is 7.82.